The summed E-state index contributed by atoms with van der Waals surface area (Å²) in [5.41, 5.74) is 2.46. The minimum Gasteiger partial charge on any atom is -0.453 e. The van der Waals surface area contributed by atoms with Crippen molar-refractivity contribution in [3.63, 3.8) is 0 Å². The van der Waals surface area contributed by atoms with Crippen LogP contribution in [0, 0.1) is 0 Å². The van der Waals surface area contributed by atoms with Gasteiger partial charge in [0.05, 0.1) is 5.02 Å². The molecular weight excluding hydrogens is 349 g/mol. The zero-order valence-corrected chi connectivity index (χ0v) is 14.9. The van der Waals surface area contributed by atoms with Gasteiger partial charge in [-0.1, -0.05) is 49.2 Å². The van der Waals surface area contributed by atoms with E-state index in [-0.39, 0.29) is 28.3 Å². The molecular formula is C18H17Cl2NO3. The van der Waals surface area contributed by atoms with Crippen molar-refractivity contribution >= 4 is 35.0 Å². The first-order valence-corrected chi connectivity index (χ1v) is 8.36. The lowest BCUT2D eigenvalue weighted by molar-refractivity contribution is 0.0469. The van der Waals surface area contributed by atoms with Crippen LogP contribution in [0.4, 0.5) is 0 Å². The summed E-state index contributed by atoms with van der Waals surface area (Å²) < 4.78 is 5.06. The molecule has 6 heteroatoms. The summed E-state index contributed by atoms with van der Waals surface area (Å²) in [5, 5.41) is 0.251. The number of esters is 1. The van der Waals surface area contributed by atoms with Crippen LogP contribution in [0.1, 0.15) is 45.8 Å². The number of carbonyl (C=O) groups is 2. The van der Waals surface area contributed by atoms with Gasteiger partial charge in [0.15, 0.2) is 12.3 Å². The van der Waals surface area contributed by atoms with E-state index in [4.69, 9.17) is 27.9 Å². The number of ether oxygens (including phenoxy) is 1. The second kappa shape index (κ2) is 8.27. The van der Waals surface area contributed by atoms with Crippen molar-refractivity contribution in [3.8, 4) is 0 Å². The fourth-order valence-electron chi connectivity index (χ4n) is 2.25. The molecule has 2 aromatic rings. The van der Waals surface area contributed by atoms with E-state index in [0.717, 1.165) is 24.0 Å². The smallest absolute Gasteiger partial charge is 0.359 e. The Kier molecular flexibility index (Phi) is 6.35. The molecule has 0 aliphatic heterocycles. The zero-order valence-electron chi connectivity index (χ0n) is 13.4. The average Bonchev–Trinajstić information content (AvgIpc) is 2.60. The molecule has 0 saturated carbocycles. The minimum atomic E-state index is -0.777. The molecule has 126 valence electrons. The Hall–Kier alpha value is -1.91. The Morgan fingerprint density at radius 1 is 1.08 bits per heavy atom. The summed E-state index contributed by atoms with van der Waals surface area (Å²) >= 11 is 11.7. The number of halogens is 2. The van der Waals surface area contributed by atoms with E-state index in [2.05, 4.69) is 4.98 Å². The quantitative estimate of drug-likeness (QED) is 0.428. The maximum absolute atomic E-state index is 12.4. The third-order valence-corrected chi connectivity index (χ3v) is 4.12. The number of hydrogen-bond acceptors (Lipinski definition) is 4. The van der Waals surface area contributed by atoms with Gasteiger partial charge in [-0.15, -0.1) is 0 Å². The topological polar surface area (TPSA) is 56.3 Å². The first kappa shape index (κ1) is 18.4. The second-order valence-corrected chi connectivity index (χ2v) is 5.96. The summed E-state index contributed by atoms with van der Waals surface area (Å²) in [5.74, 6) is -1.03. The maximum atomic E-state index is 12.4. The van der Waals surface area contributed by atoms with Crippen LogP contribution in [-0.4, -0.2) is 23.3 Å². The molecule has 0 N–H and O–H groups in total. The van der Waals surface area contributed by atoms with Crippen LogP contribution < -0.4 is 0 Å². The third-order valence-electron chi connectivity index (χ3n) is 3.60. The highest BCUT2D eigenvalue weighted by atomic mass is 35.5. The molecule has 1 aromatic heterocycles. The SMILES string of the molecule is CCc1ccc(CC)c(C(=O)COC(=O)c2nc(Cl)ccc2Cl)c1. The number of aryl methyl sites for hydroxylation is 2. The van der Waals surface area contributed by atoms with Crippen molar-refractivity contribution in [2.75, 3.05) is 6.61 Å². The highest BCUT2D eigenvalue weighted by molar-refractivity contribution is 6.34. The molecule has 0 aliphatic rings. The fraction of sp³-hybridized carbons (Fsp3) is 0.278. The van der Waals surface area contributed by atoms with Crippen LogP contribution in [0.2, 0.25) is 10.2 Å². The van der Waals surface area contributed by atoms with Crippen LogP contribution in [0.5, 0.6) is 0 Å². The molecule has 0 radical (unpaired) electrons. The van der Waals surface area contributed by atoms with Gasteiger partial charge in [-0.05, 0) is 42.2 Å². The van der Waals surface area contributed by atoms with Crippen LogP contribution >= 0.6 is 23.2 Å². The van der Waals surface area contributed by atoms with Crippen molar-refractivity contribution in [1.82, 2.24) is 4.98 Å². The number of ketones is 1. The summed E-state index contributed by atoms with van der Waals surface area (Å²) in [7, 11) is 0. The molecule has 1 heterocycles. The molecule has 1 aromatic carbocycles. The largest absolute Gasteiger partial charge is 0.453 e. The molecule has 0 saturated heterocycles. The molecule has 4 nitrogen and oxygen atoms in total. The van der Waals surface area contributed by atoms with Crippen molar-refractivity contribution in [2.24, 2.45) is 0 Å². The van der Waals surface area contributed by atoms with E-state index in [1.807, 2.05) is 32.0 Å². The van der Waals surface area contributed by atoms with Gasteiger partial charge in [-0.2, -0.15) is 0 Å². The number of pyridine rings is 1. The lowest BCUT2D eigenvalue weighted by Gasteiger charge is -2.10. The van der Waals surface area contributed by atoms with E-state index < -0.39 is 5.97 Å². The van der Waals surface area contributed by atoms with Gasteiger partial charge in [0.1, 0.15) is 5.15 Å². The Labute approximate surface area is 150 Å². The molecule has 2 rings (SSSR count). The highest BCUT2D eigenvalue weighted by Gasteiger charge is 2.18. The van der Waals surface area contributed by atoms with Crippen LogP contribution in [-0.2, 0) is 17.6 Å². The van der Waals surface area contributed by atoms with Gasteiger partial charge in [0, 0.05) is 5.56 Å². The number of aromatic nitrogens is 1. The second-order valence-electron chi connectivity index (χ2n) is 5.16. The fourth-order valence-corrected chi connectivity index (χ4v) is 2.58. The molecule has 0 atom stereocenters. The molecule has 0 aliphatic carbocycles. The summed E-state index contributed by atoms with van der Waals surface area (Å²) in [6.07, 6.45) is 1.55. The number of hydrogen-bond donors (Lipinski definition) is 0. The highest BCUT2D eigenvalue weighted by Crippen LogP contribution is 2.18. The lowest BCUT2D eigenvalue weighted by Crippen LogP contribution is -2.17. The minimum absolute atomic E-state index is 0.102. The molecule has 24 heavy (non-hydrogen) atoms. The van der Waals surface area contributed by atoms with Gasteiger partial charge >= 0.3 is 5.97 Å². The lowest BCUT2D eigenvalue weighted by atomic mass is 9.98. The zero-order chi connectivity index (χ0) is 17.7. The van der Waals surface area contributed by atoms with Gasteiger partial charge in [-0.3, -0.25) is 4.79 Å². The van der Waals surface area contributed by atoms with E-state index in [0.29, 0.717) is 5.56 Å². The Balaban J connectivity index is 2.13. The molecule has 0 spiro atoms. The van der Waals surface area contributed by atoms with Crippen LogP contribution in [0.3, 0.4) is 0 Å². The Morgan fingerprint density at radius 3 is 2.50 bits per heavy atom. The van der Waals surface area contributed by atoms with Gasteiger partial charge in [0.25, 0.3) is 0 Å². The van der Waals surface area contributed by atoms with Crippen molar-refractivity contribution < 1.29 is 14.3 Å². The number of rotatable bonds is 6. The Bertz CT molecular complexity index is 775. The first-order valence-electron chi connectivity index (χ1n) is 7.60. The number of Topliss-reactive ketones (excluding diaryl/α,β-unsaturated/α-hetero) is 1. The molecule has 0 unspecified atom stereocenters. The number of benzene rings is 1. The van der Waals surface area contributed by atoms with Gasteiger partial charge < -0.3 is 4.74 Å². The van der Waals surface area contributed by atoms with Gasteiger partial charge in [-0.25, -0.2) is 9.78 Å². The van der Waals surface area contributed by atoms with Crippen molar-refractivity contribution in [2.45, 2.75) is 26.7 Å². The number of nitrogens with zero attached hydrogens (tertiary/aromatic N) is 1. The van der Waals surface area contributed by atoms with Crippen LogP contribution in [0.25, 0.3) is 0 Å². The average molecular weight is 366 g/mol. The Morgan fingerprint density at radius 2 is 1.83 bits per heavy atom. The third kappa shape index (κ3) is 4.34. The summed E-state index contributed by atoms with van der Waals surface area (Å²) in [4.78, 5) is 28.3. The van der Waals surface area contributed by atoms with E-state index >= 15 is 0 Å². The van der Waals surface area contributed by atoms with E-state index in [1.165, 1.54) is 12.1 Å². The standard InChI is InChI=1S/C18H17Cl2NO3/c1-3-11-5-6-12(4-2)13(9-11)15(22)10-24-18(23)17-14(19)7-8-16(20)21-17/h5-9H,3-4,10H2,1-2H3. The molecule has 0 fully saturated rings. The normalized spacial score (nSPS) is 10.5. The first-order chi connectivity index (χ1) is 11.5. The molecule has 0 amide bonds. The molecule has 0 bridgehead atoms. The van der Waals surface area contributed by atoms with E-state index in [1.54, 1.807) is 0 Å². The summed E-state index contributed by atoms with van der Waals surface area (Å²) in [6.45, 7) is 3.62. The van der Waals surface area contributed by atoms with Crippen molar-refractivity contribution in [3.05, 3.63) is 62.9 Å². The maximum Gasteiger partial charge on any atom is 0.359 e. The monoisotopic (exact) mass is 365 g/mol. The van der Waals surface area contributed by atoms with Crippen LogP contribution in [0.15, 0.2) is 30.3 Å². The number of carbonyl (C=O) groups excluding carboxylic acids is 2. The summed E-state index contributed by atoms with van der Waals surface area (Å²) in [6, 6.07) is 8.70. The van der Waals surface area contributed by atoms with E-state index in [9.17, 15) is 9.59 Å². The predicted octanol–water partition coefficient (Wildman–Crippen LogP) is 4.55. The van der Waals surface area contributed by atoms with Gasteiger partial charge in [0.2, 0.25) is 5.78 Å². The predicted molar refractivity (Wildman–Crippen MR) is 94.1 cm³/mol. The van der Waals surface area contributed by atoms with Crippen molar-refractivity contribution in [1.29, 1.82) is 0 Å².